The molecule has 0 aliphatic heterocycles. The molecule has 0 aromatic carbocycles. The van der Waals surface area contributed by atoms with Crippen molar-refractivity contribution in [1.29, 1.82) is 0 Å². The molecule has 0 spiro atoms. The number of hydrogen-bond acceptors (Lipinski definition) is 6. The van der Waals surface area contributed by atoms with Gasteiger partial charge in [0.25, 0.3) is 0 Å². The SMILES string of the molecule is CCOc1nc(Cl)nc(OCCN(CC)CC)n1. The standard InChI is InChI=1S/C11H19ClN4O2/c1-4-16(5-2)7-8-18-11-14-9(12)13-10(15-11)17-6-3/h4-8H2,1-3H3. The Morgan fingerprint density at radius 1 is 1.00 bits per heavy atom. The predicted octanol–water partition coefficient (Wildman–Crippen LogP) is 1.64. The smallest absolute Gasteiger partial charge is 0.323 e. The minimum Gasteiger partial charge on any atom is -0.464 e. The van der Waals surface area contributed by atoms with Crippen LogP contribution in [0, 0.1) is 0 Å². The van der Waals surface area contributed by atoms with E-state index in [0.29, 0.717) is 13.2 Å². The first-order valence-electron chi connectivity index (χ1n) is 6.09. The number of halogens is 1. The summed E-state index contributed by atoms with van der Waals surface area (Å²) in [6.45, 7) is 9.84. The van der Waals surface area contributed by atoms with E-state index in [1.165, 1.54) is 0 Å². The molecule has 0 amide bonds. The van der Waals surface area contributed by atoms with Gasteiger partial charge in [0, 0.05) is 6.54 Å². The van der Waals surface area contributed by atoms with Crippen molar-refractivity contribution in [3.8, 4) is 12.0 Å². The molecule has 0 unspecified atom stereocenters. The van der Waals surface area contributed by atoms with Gasteiger partial charge in [0.2, 0.25) is 5.28 Å². The van der Waals surface area contributed by atoms with E-state index in [2.05, 4.69) is 33.7 Å². The Hall–Kier alpha value is -1.14. The fourth-order valence-electron chi connectivity index (χ4n) is 1.38. The minimum atomic E-state index is 0.0753. The van der Waals surface area contributed by atoms with Gasteiger partial charge < -0.3 is 14.4 Å². The maximum absolute atomic E-state index is 5.75. The number of ether oxygens (including phenoxy) is 2. The third-order valence-corrected chi connectivity index (χ3v) is 2.54. The molecule has 18 heavy (non-hydrogen) atoms. The molecule has 0 radical (unpaired) electrons. The Labute approximate surface area is 112 Å². The van der Waals surface area contributed by atoms with Crippen molar-refractivity contribution < 1.29 is 9.47 Å². The van der Waals surface area contributed by atoms with Gasteiger partial charge in [0.1, 0.15) is 6.61 Å². The lowest BCUT2D eigenvalue weighted by molar-refractivity contribution is 0.208. The predicted molar refractivity (Wildman–Crippen MR) is 69.3 cm³/mol. The maximum atomic E-state index is 5.75. The van der Waals surface area contributed by atoms with Gasteiger partial charge in [-0.2, -0.15) is 9.97 Å². The molecule has 6 nitrogen and oxygen atoms in total. The Morgan fingerprint density at radius 2 is 1.61 bits per heavy atom. The lowest BCUT2D eigenvalue weighted by atomic mass is 10.5. The molecule has 7 heteroatoms. The molecule has 0 fully saturated rings. The highest BCUT2D eigenvalue weighted by Gasteiger charge is 2.07. The van der Waals surface area contributed by atoms with Crippen LogP contribution in [0.3, 0.4) is 0 Å². The molecule has 0 saturated heterocycles. The van der Waals surface area contributed by atoms with E-state index in [1.54, 1.807) is 0 Å². The van der Waals surface area contributed by atoms with Gasteiger partial charge in [0.15, 0.2) is 0 Å². The van der Waals surface area contributed by atoms with E-state index >= 15 is 0 Å². The van der Waals surface area contributed by atoms with Gasteiger partial charge in [-0.05, 0) is 31.6 Å². The summed E-state index contributed by atoms with van der Waals surface area (Å²) in [5.41, 5.74) is 0. The van der Waals surface area contributed by atoms with E-state index < -0.39 is 0 Å². The normalized spacial score (nSPS) is 10.7. The van der Waals surface area contributed by atoms with E-state index in [9.17, 15) is 0 Å². The molecule has 0 aliphatic rings. The van der Waals surface area contributed by atoms with Crippen molar-refractivity contribution in [3.63, 3.8) is 0 Å². The average Bonchev–Trinajstić information content (AvgIpc) is 2.34. The van der Waals surface area contributed by atoms with Crippen LogP contribution in [0.4, 0.5) is 0 Å². The van der Waals surface area contributed by atoms with E-state index in [1.807, 2.05) is 6.92 Å². The van der Waals surface area contributed by atoms with Crippen LogP contribution in [-0.2, 0) is 0 Å². The zero-order chi connectivity index (χ0) is 13.4. The Balaban J connectivity index is 2.51. The van der Waals surface area contributed by atoms with Crippen LogP contribution in [0.5, 0.6) is 12.0 Å². The molecule has 1 aromatic rings. The largest absolute Gasteiger partial charge is 0.464 e. The van der Waals surface area contributed by atoms with Gasteiger partial charge in [-0.15, -0.1) is 4.98 Å². The summed E-state index contributed by atoms with van der Waals surface area (Å²) in [6, 6.07) is 0.390. The topological polar surface area (TPSA) is 60.4 Å². The highest BCUT2D eigenvalue weighted by Crippen LogP contribution is 2.12. The van der Waals surface area contributed by atoms with Crippen LogP contribution in [-0.4, -0.2) is 52.7 Å². The van der Waals surface area contributed by atoms with Crippen LogP contribution in [0.15, 0.2) is 0 Å². The van der Waals surface area contributed by atoms with Crippen LogP contribution in [0.2, 0.25) is 5.28 Å². The molecule has 1 rings (SSSR count). The van der Waals surface area contributed by atoms with E-state index in [0.717, 1.165) is 19.6 Å². The molecular weight excluding hydrogens is 256 g/mol. The number of likely N-dealkylation sites (N-methyl/N-ethyl adjacent to an activating group) is 1. The first-order chi connectivity index (χ1) is 8.69. The lowest BCUT2D eigenvalue weighted by Gasteiger charge is -2.17. The fourth-order valence-corrected chi connectivity index (χ4v) is 1.52. The Kier molecular flexibility index (Phi) is 6.67. The summed E-state index contributed by atoms with van der Waals surface area (Å²) in [5.74, 6) is 0. The summed E-state index contributed by atoms with van der Waals surface area (Å²) < 4.78 is 10.6. The van der Waals surface area contributed by atoms with E-state index in [-0.39, 0.29) is 17.3 Å². The third-order valence-electron chi connectivity index (χ3n) is 2.37. The van der Waals surface area contributed by atoms with Crippen molar-refractivity contribution in [3.05, 3.63) is 5.28 Å². The van der Waals surface area contributed by atoms with Crippen LogP contribution >= 0.6 is 11.6 Å². The van der Waals surface area contributed by atoms with Crippen molar-refractivity contribution in [1.82, 2.24) is 19.9 Å². The Morgan fingerprint density at radius 3 is 2.17 bits per heavy atom. The van der Waals surface area contributed by atoms with Gasteiger partial charge in [0.05, 0.1) is 6.61 Å². The summed E-state index contributed by atoms with van der Waals surface area (Å²) >= 11 is 5.75. The average molecular weight is 275 g/mol. The first kappa shape index (κ1) is 14.9. The highest BCUT2D eigenvalue weighted by atomic mass is 35.5. The minimum absolute atomic E-state index is 0.0753. The third kappa shape index (κ3) is 5.01. The first-order valence-corrected chi connectivity index (χ1v) is 6.46. The monoisotopic (exact) mass is 274 g/mol. The number of rotatable bonds is 8. The highest BCUT2D eigenvalue weighted by molar-refractivity contribution is 6.28. The zero-order valence-corrected chi connectivity index (χ0v) is 11.8. The summed E-state index contributed by atoms with van der Waals surface area (Å²) in [7, 11) is 0. The Bertz CT molecular complexity index is 361. The second-order valence-electron chi connectivity index (χ2n) is 3.48. The molecule has 0 bridgehead atoms. The maximum Gasteiger partial charge on any atom is 0.323 e. The second-order valence-corrected chi connectivity index (χ2v) is 3.82. The molecule has 0 atom stereocenters. The van der Waals surface area contributed by atoms with Gasteiger partial charge in [-0.25, -0.2) is 0 Å². The van der Waals surface area contributed by atoms with Crippen molar-refractivity contribution >= 4 is 11.6 Å². The van der Waals surface area contributed by atoms with Crippen LogP contribution in [0.25, 0.3) is 0 Å². The molecule has 1 heterocycles. The van der Waals surface area contributed by atoms with Crippen LogP contribution in [0.1, 0.15) is 20.8 Å². The lowest BCUT2D eigenvalue weighted by Crippen LogP contribution is -2.28. The zero-order valence-electron chi connectivity index (χ0n) is 11.0. The molecular formula is C11H19ClN4O2. The quantitative estimate of drug-likeness (QED) is 0.718. The number of nitrogens with zero attached hydrogens (tertiary/aromatic N) is 4. The van der Waals surface area contributed by atoms with Crippen LogP contribution < -0.4 is 9.47 Å². The summed E-state index contributed by atoms with van der Waals surface area (Å²) in [5, 5.41) is 0.0753. The second kappa shape index (κ2) is 8.05. The fraction of sp³-hybridized carbons (Fsp3) is 0.727. The van der Waals surface area contributed by atoms with Gasteiger partial charge in [-0.3, -0.25) is 0 Å². The van der Waals surface area contributed by atoms with Crippen molar-refractivity contribution in [2.45, 2.75) is 20.8 Å². The molecule has 102 valence electrons. The summed E-state index contributed by atoms with van der Waals surface area (Å²) in [6.07, 6.45) is 0. The number of hydrogen-bond donors (Lipinski definition) is 0. The molecule has 0 saturated carbocycles. The van der Waals surface area contributed by atoms with Crippen molar-refractivity contribution in [2.24, 2.45) is 0 Å². The molecule has 0 aliphatic carbocycles. The van der Waals surface area contributed by atoms with Gasteiger partial charge >= 0.3 is 12.0 Å². The summed E-state index contributed by atoms with van der Waals surface area (Å²) in [4.78, 5) is 14.0. The van der Waals surface area contributed by atoms with Crippen molar-refractivity contribution in [2.75, 3.05) is 32.8 Å². The van der Waals surface area contributed by atoms with Gasteiger partial charge in [-0.1, -0.05) is 13.8 Å². The number of aromatic nitrogens is 3. The molecule has 1 aromatic heterocycles. The molecule has 0 N–H and O–H groups in total. The van der Waals surface area contributed by atoms with E-state index in [4.69, 9.17) is 21.1 Å².